The molecule has 0 unspecified atom stereocenters. The quantitative estimate of drug-likeness (QED) is 0.797. The molecule has 124 valence electrons. The minimum absolute atomic E-state index is 0.659. The van der Waals surface area contributed by atoms with E-state index in [2.05, 4.69) is 34.1 Å². The van der Waals surface area contributed by atoms with E-state index in [0.29, 0.717) is 6.54 Å². The van der Waals surface area contributed by atoms with Crippen molar-refractivity contribution in [2.75, 3.05) is 45.9 Å². The number of rotatable bonds is 8. The second kappa shape index (κ2) is 8.63. The Morgan fingerprint density at radius 1 is 1.18 bits per heavy atom. The molecule has 1 heterocycles. The van der Waals surface area contributed by atoms with Crippen LogP contribution in [0.2, 0.25) is 0 Å². The molecule has 22 heavy (non-hydrogen) atoms. The zero-order valence-corrected chi connectivity index (χ0v) is 14.0. The second-order valence-electron chi connectivity index (χ2n) is 6.82. The first-order valence-corrected chi connectivity index (χ1v) is 8.32. The molecule has 1 aliphatic heterocycles. The van der Waals surface area contributed by atoms with Gasteiger partial charge in [-0.1, -0.05) is 30.3 Å². The molecule has 1 saturated heterocycles. The van der Waals surface area contributed by atoms with Crippen LogP contribution in [0.1, 0.15) is 25.8 Å². The average molecular weight is 306 g/mol. The van der Waals surface area contributed by atoms with E-state index in [1.165, 1.54) is 5.56 Å². The van der Waals surface area contributed by atoms with Gasteiger partial charge >= 0.3 is 0 Å². The summed E-state index contributed by atoms with van der Waals surface area (Å²) < 4.78 is 5.39. The summed E-state index contributed by atoms with van der Waals surface area (Å²) in [5.74, 6) is 0. The van der Waals surface area contributed by atoms with Crippen LogP contribution in [0, 0.1) is 0 Å². The number of hydrogen-bond acceptors (Lipinski definition) is 4. The van der Waals surface area contributed by atoms with Gasteiger partial charge in [0.1, 0.15) is 0 Å². The van der Waals surface area contributed by atoms with Crippen LogP contribution in [0.5, 0.6) is 0 Å². The van der Waals surface area contributed by atoms with E-state index in [4.69, 9.17) is 4.74 Å². The van der Waals surface area contributed by atoms with Gasteiger partial charge in [-0.3, -0.25) is 9.80 Å². The summed E-state index contributed by atoms with van der Waals surface area (Å²) in [5.41, 5.74) is 0.645. The molecular weight excluding hydrogens is 276 g/mol. The van der Waals surface area contributed by atoms with Crippen molar-refractivity contribution in [1.82, 2.24) is 9.80 Å². The molecule has 4 nitrogen and oxygen atoms in total. The van der Waals surface area contributed by atoms with Crippen LogP contribution in [0.15, 0.2) is 30.3 Å². The molecule has 0 aliphatic carbocycles. The topological polar surface area (TPSA) is 35.9 Å². The SMILES string of the molecule is CC(C)(O)CN(CCCN1CCOCC1)Cc1ccccc1. The molecule has 1 aromatic carbocycles. The van der Waals surface area contributed by atoms with Crippen LogP contribution in [-0.4, -0.2) is 66.4 Å². The van der Waals surface area contributed by atoms with Crippen molar-refractivity contribution in [1.29, 1.82) is 0 Å². The van der Waals surface area contributed by atoms with E-state index in [-0.39, 0.29) is 0 Å². The molecule has 0 aromatic heterocycles. The number of hydrogen-bond donors (Lipinski definition) is 1. The zero-order chi connectivity index (χ0) is 15.8. The molecule has 4 heteroatoms. The minimum atomic E-state index is -0.659. The lowest BCUT2D eigenvalue weighted by molar-refractivity contribution is 0.0242. The highest BCUT2D eigenvalue weighted by molar-refractivity contribution is 5.14. The van der Waals surface area contributed by atoms with Gasteiger partial charge in [-0.15, -0.1) is 0 Å². The maximum absolute atomic E-state index is 10.1. The van der Waals surface area contributed by atoms with E-state index in [1.54, 1.807) is 0 Å². The van der Waals surface area contributed by atoms with E-state index < -0.39 is 5.60 Å². The van der Waals surface area contributed by atoms with Crippen molar-refractivity contribution in [2.24, 2.45) is 0 Å². The first-order valence-electron chi connectivity index (χ1n) is 8.32. The molecule has 1 aromatic rings. The number of morpholine rings is 1. The predicted octanol–water partition coefficient (Wildman–Crippen LogP) is 1.98. The summed E-state index contributed by atoms with van der Waals surface area (Å²) in [6.45, 7) is 11.3. The van der Waals surface area contributed by atoms with E-state index in [1.807, 2.05) is 19.9 Å². The highest BCUT2D eigenvalue weighted by atomic mass is 16.5. The van der Waals surface area contributed by atoms with Crippen LogP contribution in [0.4, 0.5) is 0 Å². The lowest BCUT2D eigenvalue weighted by Crippen LogP contribution is -2.41. The first kappa shape index (κ1) is 17.4. The Bertz CT molecular complexity index is 411. The molecule has 0 bridgehead atoms. The number of benzene rings is 1. The van der Waals surface area contributed by atoms with Gasteiger partial charge in [0.05, 0.1) is 18.8 Å². The Morgan fingerprint density at radius 3 is 2.50 bits per heavy atom. The van der Waals surface area contributed by atoms with Crippen molar-refractivity contribution in [3.05, 3.63) is 35.9 Å². The molecule has 2 rings (SSSR count). The molecule has 1 fully saturated rings. The van der Waals surface area contributed by atoms with Gasteiger partial charge in [-0.05, 0) is 38.9 Å². The molecule has 0 radical (unpaired) electrons. The average Bonchev–Trinajstić information content (AvgIpc) is 2.48. The Labute approximate surface area is 134 Å². The maximum Gasteiger partial charge on any atom is 0.0718 e. The fourth-order valence-corrected chi connectivity index (χ4v) is 2.95. The standard InChI is InChI=1S/C18H30N2O2/c1-18(2,21)16-20(15-17-7-4-3-5-8-17)10-6-9-19-11-13-22-14-12-19/h3-5,7-8,21H,6,9-16H2,1-2H3. The monoisotopic (exact) mass is 306 g/mol. The zero-order valence-electron chi connectivity index (χ0n) is 14.0. The van der Waals surface area contributed by atoms with Gasteiger partial charge in [0, 0.05) is 26.2 Å². The van der Waals surface area contributed by atoms with Crippen molar-refractivity contribution >= 4 is 0 Å². The van der Waals surface area contributed by atoms with E-state index >= 15 is 0 Å². The summed E-state index contributed by atoms with van der Waals surface area (Å²) in [4.78, 5) is 4.82. The summed E-state index contributed by atoms with van der Waals surface area (Å²) in [6, 6.07) is 10.5. The van der Waals surface area contributed by atoms with Gasteiger partial charge < -0.3 is 9.84 Å². The Morgan fingerprint density at radius 2 is 1.86 bits per heavy atom. The first-order chi connectivity index (χ1) is 10.5. The summed E-state index contributed by atoms with van der Waals surface area (Å²) in [5, 5.41) is 10.1. The van der Waals surface area contributed by atoms with Crippen LogP contribution >= 0.6 is 0 Å². The lowest BCUT2D eigenvalue weighted by Gasteiger charge is -2.31. The van der Waals surface area contributed by atoms with Crippen LogP contribution < -0.4 is 0 Å². The second-order valence-corrected chi connectivity index (χ2v) is 6.82. The maximum atomic E-state index is 10.1. The van der Waals surface area contributed by atoms with E-state index in [9.17, 15) is 5.11 Å². The third-order valence-corrected chi connectivity index (χ3v) is 3.91. The van der Waals surface area contributed by atoms with Crippen molar-refractivity contribution in [3.63, 3.8) is 0 Å². The molecule has 0 saturated carbocycles. The van der Waals surface area contributed by atoms with Crippen molar-refractivity contribution in [2.45, 2.75) is 32.4 Å². The summed E-state index contributed by atoms with van der Waals surface area (Å²) in [7, 11) is 0. The Kier molecular flexibility index (Phi) is 6.83. The largest absolute Gasteiger partial charge is 0.389 e. The molecule has 0 spiro atoms. The molecule has 1 aliphatic rings. The van der Waals surface area contributed by atoms with Crippen molar-refractivity contribution < 1.29 is 9.84 Å². The Hall–Kier alpha value is -0.940. The van der Waals surface area contributed by atoms with Gasteiger partial charge in [0.15, 0.2) is 0 Å². The summed E-state index contributed by atoms with van der Waals surface area (Å²) >= 11 is 0. The fraction of sp³-hybridized carbons (Fsp3) is 0.667. The predicted molar refractivity (Wildman–Crippen MR) is 89.9 cm³/mol. The highest BCUT2D eigenvalue weighted by Crippen LogP contribution is 2.11. The van der Waals surface area contributed by atoms with Crippen LogP contribution in [0.25, 0.3) is 0 Å². The summed E-state index contributed by atoms with van der Waals surface area (Å²) in [6.07, 6.45) is 1.13. The smallest absolute Gasteiger partial charge is 0.0718 e. The van der Waals surface area contributed by atoms with Crippen molar-refractivity contribution in [3.8, 4) is 0 Å². The number of ether oxygens (including phenoxy) is 1. The normalized spacial score (nSPS) is 17.1. The third kappa shape index (κ3) is 6.88. The van der Waals surface area contributed by atoms with Gasteiger partial charge in [-0.2, -0.15) is 0 Å². The van der Waals surface area contributed by atoms with Gasteiger partial charge in [0.25, 0.3) is 0 Å². The van der Waals surface area contributed by atoms with Crippen LogP contribution in [0.3, 0.4) is 0 Å². The van der Waals surface area contributed by atoms with Gasteiger partial charge in [-0.25, -0.2) is 0 Å². The Balaban J connectivity index is 1.81. The highest BCUT2D eigenvalue weighted by Gasteiger charge is 2.19. The molecule has 0 atom stereocenters. The fourth-order valence-electron chi connectivity index (χ4n) is 2.95. The lowest BCUT2D eigenvalue weighted by atomic mass is 10.1. The minimum Gasteiger partial charge on any atom is -0.389 e. The number of aliphatic hydroxyl groups is 1. The molecule has 0 amide bonds. The van der Waals surface area contributed by atoms with Gasteiger partial charge in [0.2, 0.25) is 0 Å². The molecular formula is C18H30N2O2. The molecule has 1 N–H and O–H groups in total. The van der Waals surface area contributed by atoms with E-state index in [0.717, 1.165) is 52.4 Å². The third-order valence-electron chi connectivity index (χ3n) is 3.91. The van der Waals surface area contributed by atoms with Crippen LogP contribution in [-0.2, 0) is 11.3 Å². The number of nitrogens with zero attached hydrogens (tertiary/aromatic N) is 2.